The van der Waals surface area contributed by atoms with Crippen LogP contribution in [0.25, 0.3) is 11.3 Å². The van der Waals surface area contributed by atoms with Crippen molar-refractivity contribution in [1.29, 1.82) is 0 Å². The SMILES string of the molecule is Brc1ccccn1.C1CCOC1.COc1c[c-]ccc1.COc1cccc(-c2ccccn2)c1.COc1cccc(Br)c1.[Br-].[H-].[H-].[Mg+2].[Mg+2]. The zero-order valence-corrected chi connectivity index (χ0v) is 34.0. The molecule has 1 saturated heterocycles. The second-order valence-corrected chi connectivity index (χ2v) is 10.3. The maximum Gasteiger partial charge on any atom is 2.00 e. The van der Waals surface area contributed by atoms with Gasteiger partial charge in [0.2, 0.25) is 0 Å². The van der Waals surface area contributed by atoms with E-state index in [1.165, 1.54) is 12.8 Å². The molecule has 1 aliphatic rings. The maximum atomic E-state index is 5.15. The molecular weight excluding hydrogens is 801 g/mol. The standard InChI is InChI=1S/C12H11NO.C7H7BrO.C7H7O.C5H4BrN.C4H8O.BrH.2Mg.2H/c1-14-11-6-4-5-10(9-11)12-7-2-3-8-13-12;1-9-7-4-2-3-6(8)5-7;1-8-7-5-3-2-4-6-7;6-5-3-1-2-4-7-5;1-2-4-5-3-1;;;;;/h2-9H,1H3;2-5H,1H3;2-3,5-6H,1H3;1-4H;1-4H2;1H;;;;/q;;-1;;;;2*+2;2*-1/p-1. The molecule has 0 amide bonds. The van der Waals surface area contributed by atoms with Gasteiger partial charge in [-0.3, -0.25) is 4.98 Å². The van der Waals surface area contributed by atoms with Crippen LogP contribution in [0.2, 0.25) is 0 Å². The fourth-order valence-electron chi connectivity index (χ4n) is 3.27. The number of methoxy groups -OCH3 is 3. The van der Waals surface area contributed by atoms with Crippen LogP contribution in [0, 0.1) is 6.07 Å². The van der Waals surface area contributed by atoms with Crippen LogP contribution in [0.1, 0.15) is 15.7 Å². The van der Waals surface area contributed by atoms with Gasteiger partial charge in [-0.15, -0.1) is 12.1 Å². The number of halogens is 3. The first-order valence-corrected chi connectivity index (χ1v) is 15.1. The minimum Gasteiger partial charge on any atom is -1.00 e. The van der Waals surface area contributed by atoms with Gasteiger partial charge in [-0.2, -0.15) is 18.2 Å². The Morgan fingerprint density at radius 1 is 0.674 bits per heavy atom. The molecule has 1 aliphatic heterocycles. The molecule has 0 atom stereocenters. The molecule has 0 bridgehead atoms. The molecule has 0 radical (unpaired) electrons. The van der Waals surface area contributed by atoms with Crippen LogP contribution >= 0.6 is 31.9 Å². The van der Waals surface area contributed by atoms with Gasteiger partial charge in [0.25, 0.3) is 0 Å². The Bertz CT molecular complexity index is 1400. The first kappa shape index (κ1) is 46.4. The molecular formula is C35H39Br3Mg2N2O4. The molecule has 0 N–H and O–H groups in total. The number of rotatable bonds is 4. The smallest absolute Gasteiger partial charge is 1.00 e. The molecule has 6 nitrogen and oxygen atoms in total. The molecule has 3 aromatic carbocycles. The van der Waals surface area contributed by atoms with Crippen molar-refractivity contribution in [2.24, 2.45) is 0 Å². The monoisotopic (exact) mass is 836 g/mol. The molecule has 6 rings (SSSR count). The summed E-state index contributed by atoms with van der Waals surface area (Å²) in [5.41, 5.74) is 2.04. The number of pyridine rings is 2. The molecule has 0 aliphatic carbocycles. The summed E-state index contributed by atoms with van der Waals surface area (Å²) >= 11 is 6.52. The second kappa shape index (κ2) is 30.6. The number of aromatic nitrogens is 2. The fraction of sp³-hybridized carbons (Fsp3) is 0.200. The van der Waals surface area contributed by atoms with Crippen LogP contribution in [-0.4, -0.2) is 90.6 Å². The van der Waals surface area contributed by atoms with Gasteiger partial charge in [0.1, 0.15) is 16.1 Å². The van der Waals surface area contributed by atoms with Crippen molar-refractivity contribution >= 4 is 78.0 Å². The quantitative estimate of drug-likeness (QED) is 0.129. The van der Waals surface area contributed by atoms with Gasteiger partial charge in [-0.05, 0) is 83.4 Å². The van der Waals surface area contributed by atoms with Gasteiger partial charge < -0.3 is 38.8 Å². The van der Waals surface area contributed by atoms with Crippen molar-refractivity contribution in [3.63, 3.8) is 0 Å². The van der Waals surface area contributed by atoms with Crippen LogP contribution in [0.3, 0.4) is 0 Å². The molecule has 0 saturated carbocycles. The molecule has 0 unspecified atom stereocenters. The number of hydrogen-bond acceptors (Lipinski definition) is 6. The molecule has 2 aromatic heterocycles. The molecule has 11 heteroatoms. The van der Waals surface area contributed by atoms with Crippen LogP contribution < -0.4 is 31.2 Å². The molecule has 1 fully saturated rings. The predicted octanol–water partition coefficient (Wildman–Crippen LogP) is 5.82. The third kappa shape index (κ3) is 22.0. The summed E-state index contributed by atoms with van der Waals surface area (Å²) in [6.45, 7) is 2.00. The summed E-state index contributed by atoms with van der Waals surface area (Å²) in [7, 11) is 4.96. The topological polar surface area (TPSA) is 62.7 Å². The van der Waals surface area contributed by atoms with E-state index in [4.69, 9.17) is 18.9 Å². The molecule has 5 aromatic rings. The summed E-state index contributed by atoms with van der Waals surface area (Å²) in [6.07, 6.45) is 6.08. The van der Waals surface area contributed by atoms with Gasteiger partial charge >= 0.3 is 46.1 Å². The third-order valence-electron chi connectivity index (χ3n) is 5.43. The Morgan fingerprint density at radius 2 is 1.26 bits per heavy atom. The summed E-state index contributed by atoms with van der Waals surface area (Å²) in [4.78, 5) is 8.16. The largest absolute Gasteiger partial charge is 2.00 e. The van der Waals surface area contributed by atoms with Crippen molar-refractivity contribution in [3.05, 3.63) is 137 Å². The van der Waals surface area contributed by atoms with Gasteiger partial charge in [-0.1, -0.05) is 46.3 Å². The van der Waals surface area contributed by atoms with E-state index in [-0.39, 0.29) is 65.9 Å². The van der Waals surface area contributed by atoms with Gasteiger partial charge in [-0.25, -0.2) is 4.98 Å². The maximum absolute atomic E-state index is 5.15. The van der Waals surface area contributed by atoms with Crippen LogP contribution in [0.4, 0.5) is 0 Å². The average molecular weight is 840 g/mol. The predicted molar refractivity (Wildman–Crippen MR) is 194 cm³/mol. The minimum atomic E-state index is 0. The fourth-order valence-corrected chi connectivity index (χ4v) is 3.92. The number of ether oxygens (including phenoxy) is 4. The van der Waals surface area contributed by atoms with Crippen LogP contribution in [-0.2, 0) is 4.74 Å². The number of hydrogen-bond donors (Lipinski definition) is 0. The van der Waals surface area contributed by atoms with Gasteiger partial charge in [0.05, 0.1) is 27.0 Å². The van der Waals surface area contributed by atoms with Crippen LogP contribution in [0.5, 0.6) is 17.2 Å². The Labute approximate surface area is 336 Å². The molecule has 0 spiro atoms. The van der Waals surface area contributed by atoms with Gasteiger partial charge in [0, 0.05) is 41.4 Å². The molecule has 46 heavy (non-hydrogen) atoms. The Kier molecular flexibility index (Phi) is 30.9. The van der Waals surface area contributed by atoms with E-state index in [2.05, 4.69) is 47.9 Å². The zero-order valence-electron chi connectivity index (χ0n) is 28.5. The summed E-state index contributed by atoms with van der Waals surface area (Å²) in [6, 6.07) is 37.4. The van der Waals surface area contributed by atoms with E-state index in [0.29, 0.717) is 0 Å². The van der Waals surface area contributed by atoms with Gasteiger partial charge in [0.15, 0.2) is 0 Å². The second-order valence-electron chi connectivity index (χ2n) is 8.52. The van der Waals surface area contributed by atoms with E-state index >= 15 is 0 Å². The summed E-state index contributed by atoms with van der Waals surface area (Å²) < 4.78 is 21.9. The first-order valence-electron chi connectivity index (χ1n) is 13.5. The van der Waals surface area contributed by atoms with Crippen molar-refractivity contribution in [1.82, 2.24) is 9.97 Å². The number of benzene rings is 3. The summed E-state index contributed by atoms with van der Waals surface area (Å²) in [5.74, 6) is 2.59. The first-order chi connectivity index (χ1) is 21.0. The van der Waals surface area contributed by atoms with Crippen molar-refractivity contribution in [2.45, 2.75) is 12.8 Å². The van der Waals surface area contributed by atoms with E-state index < -0.39 is 0 Å². The Morgan fingerprint density at radius 3 is 1.65 bits per heavy atom. The molecule has 238 valence electrons. The summed E-state index contributed by atoms with van der Waals surface area (Å²) in [5, 5.41) is 0. The minimum absolute atomic E-state index is 0. The van der Waals surface area contributed by atoms with E-state index in [1.54, 1.807) is 39.8 Å². The van der Waals surface area contributed by atoms with E-state index in [1.807, 2.05) is 103 Å². The van der Waals surface area contributed by atoms with E-state index in [0.717, 1.165) is 50.8 Å². The van der Waals surface area contributed by atoms with E-state index in [9.17, 15) is 0 Å². The van der Waals surface area contributed by atoms with Crippen molar-refractivity contribution < 1.29 is 38.8 Å². The Balaban J connectivity index is -0.000000255. The van der Waals surface area contributed by atoms with Crippen LogP contribution in [0.15, 0.2) is 131 Å². The van der Waals surface area contributed by atoms with Crippen molar-refractivity contribution in [3.8, 4) is 28.5 Å². The van der Waals surface area contributed by atoms with Crippen molar-refractivity contribution in [2.75, 3.05) is 34.5 Å². The third-order valence-corrected chi connectivity index (χ3v) is 6.39. The average Bonchev–Trinajstić information content (AvgIpc) is 3.68. The molecule has 3 heterocycles. The Hall–Kier alpha value is -1.71. The number of nitrogens with zero attached hydrogens (tertiary/aromatic N) is 2. The normalized spacial score (nSPS) is 10.2. The zero-order chi connectivity index (χ0) is 31.0.